The first-order chi connectivity index (χ1) is 14.0. The van der Waals surface area contributed by atoms with E-state index in [9.17, 15) is 22.8 Å². The summed E-state index contributed by atoms with van der Waals surface area (Å²) in [5, 5.41) is 2.45. The monoisotopic (exact) mass is 443 g/mol. The number of carbonyl (C=O) groups excluding carboxylic acids is 2. The van der Waals surface area contributed by atoms with E-state index in [0.29, 0.717) is 5.56 Å². The minimum Gasteiger partial charge on any atom is -0.467 e. The Morgan fingerprint density at radius 2 is 1.83 bits per heavy atom. The lowest BCUT2D eigenvalue weighted by Gasteiger charge is -2.21. The van der Waals surface area contributed by atoms with Crippen LogP contribution in [-0.4, -0.2) is 47.6 Å². The SMILES string of the molecule is CC(C)N(C)C(=O)c1ccc(CNC(=O)c2cnc(OCC(F)(F)F)c(Cl)c2)cc1. The lowest BCUT2D eigenvalue weighted by Crippen LogP contribution is -2.32. The topological polar surface area (TPSA) is 71.5 Å². The van der Waals surface area contributed by atoms with Crippen molar-refractivity contribution in [3.63, 3.8) is 0 Å². The highest BCUT2D eigenvalue weighted by molar-refractivity contribution is 6.32. The first kappa shape index (κ1) is 23.5. The zero-order valence-corrected chi connectivity index (χ0v) is 17.3. The van der Waals surface area contributed by atoms with Crippen molar-refractivity contribution in [2.24, 2.45) is 0 Å². The zero-order valence-electron chi connectivity index (χ0n) is 16.6. The van der Waals surface area contributed by atoms with Gasteiger partial charge in [0.25, 0.3) is 11.8 Å². The fourth-order valence-electron chi connectivity index (χ4n) is 2.29. The van der Waals surface area contributed by atoms with Crippen molar-refractivity contribution in [2.45, 2.75) is 32.6 Å². The van der Waals surface area contributed by atoms with Gasteiger partial charge in [0.1, 0.15) is 5.02 Å². The average molecular weight is 444 g/mol. The Balaban J connectivity index is 1.95. The van der Waals surface area contributed by atoms with Gasteiger partial charge in [0.15, 0.2) is 6.61 Å². The number of pyridine rings is 1. The Hall–Kier alpha value is -2.81. The first-order valence-corrected chi connectivity index (χ1v) is 9.35. The number of rotatable bonds is 7. The molecule has 1 aromatic carbocycles. The zero-order chi connectivity index (χ0) is 22.5. The number of alkyl halides is 3. The number of halogens is 4. The third kappa shape index (κ3) is 6.62. The molecule has 30 heavy (non-hydrogen) atoms. The van der Waals surface area contributed by atoms with Crippen molar-refractivity contribution >= 4 is 23.4 Å². The number of benzene rings is 1. The van der Waals surface area contributed by atoms with Gasteiger partial charge in [-0.1, -0.05) is 23.7 Å². The number of aromatic nitrogens is 1. The maximum absolute atomic E-state index is 12.3. The van der Waals surface area contributed by atoms with Crippen molar-refractivity contribution < 1.29 is 27.5 Å². The molecule has 0 aliphatic carbocycles. The van der Waals surface area contributed by atoms with Crippen LogP contribution >= 0.6 is 11.6 Å². The quantitative estimate of drug-likeness (QED) is 0.699. The Morgan fingerprint density at radius 1 is 1.20 bits per heavy atom. The molecule has 0 unspecified atom stereocenters. The fourth-order valence-corrected chi connectivity index (χ4v) is 2.51. The third-order valence-corrected chi connectivity index (χ3v) is 4.46. The largest absolute Gasteiger partial charge is 0.467 e. The van der Waals surface area contributed by atoms with Gasteiger partial charge in [0.05, 0.1) is 5.56 Å². The molecule has 1 N–H and O–H groups in total. The van der Waals surface area contributed by atoms with E-state index in [2.05, 4.69) is 15.0 Å². The number of nitrogens with one attached hydrogen (secondary N) is 1. The second-order valence-corrected chi connectivity index (χ2v) is 7.21. The molecule has 0 fully saturated rings. The van der Waals surface area contributed by atoms with Crippen molar-refractivity contribution in [2.75, 3.05) is 13.7 Å². The highest BCUT2D eigenvalue weighted by atomic mass is 35.5. The van der Waals surface area contributed by atoms with Crippen LogP contribution in [0.4, 0.5) is 13.2 Å². The van der Waals surface area contributed by atoms with Gasteiger partial charge in [-0.25, -0.2) is 4.98 Å². The number of hydrogen-bond acceptors (Lipinski definition) is 4. The van der Waals surface area contributed by atoms with Crippen LogP contribution in [-0.2, 0) is 6.54 Å². The predicted octanol–water partition coefficient (Wildman–Crippen LogP) is 4.09. The summed E-state index contributed by atoms with van der Waals surface area (Å²) in [6.45, 7) is 2.48. The Morgan fingerprint density at radius 3 is 2.37 bits per heavy atom. The molecule has 0 radical (unpaired) electrons. The van der Waals surface area contributed by atoms with E-state index >= 15 is 0 Å². The molecule has 0 atom stereocenters. The van der Waals surface area contributed by atoms with Gasteiger partial charge in [-0.3, -0.25) is 9.59 Å². The standard InChI is InChI=1S/C20H21ClF3N3O3/c1-12(2)27(3)19(29)14-6-4-13(5-7-14)9-25-17(28)15-8-16(21)18(26-10-15)30-11-20(22,23)24/h4-8,10,12H,9,11H2,1-3H3,(H,25,28). The number of ether oxygens (including phenoxy) is 1. The van der Waals surface area contributed by atoms with Crippen LogP contribution in [0.25, 0.3) is 0 Å². The minimum atomic E-state index is -4.52. The molecule has 162 valence electrons. The lowest BCUT2D eigenvalue weighted by molar-refractivity contribution is -0.154. The van der Waals surface area contributed by atoms with Crippen molar-refractivity contribution in [1.82, 2.24) is 15.2 Å². The van der Waals surface area contributed by atoms with E-state index in [0.717, 1.165) is 11.8 Å². The molecular formula is C20H21ClF3N3O3. The highest BCUT2D eigenvalue weighted by Crippen LogP contribution is 2.25. The maximum atomic E-state index is 12.3. The molecule has 10 heteroatoms. The van der Waals surface area contributed by atoms with Gasteiger partial charge in [0, 0.05) is 31.4 Å². The Bertz CT molecular complexity index is 902. The highest BCUT2D eigenvalue weighted by Gasteiger charge is 2.29. The van der Waals surface area contributed by atoms with Crippen LogP contribution in [0.3, 0.4) is 0 Å². The number of carbonyl (C=O) groups is 2. The van der Waals surface area contributed by atoms with Crippen LogP contribution in [0, 0.1) is 0 Å². The van der Waals surface area contributed by atoms with Crippen LogP contribution < -0.4 is 10.1 Å². The van der Waals surface area contributed by atoms with E-state index in [-0.39, 0.29) is 29.1 Å². The van der Waals surface area contributed by atoms with Gasteiger partial charge in [-0.15, -0.1) is 0 Å². The second-order valence-electron chi connectivity index (χ2n) is 6.80. The summed E-state index contributed by atoms with van der Waals surface area (Å²) in [4.78, 5) is 29.8. The maximum Gasteiger partial charge on any atom is 0.422 e. The predicted molar refractivity (Wildman–Crippen MR) is 106 cm³/mol. The molecule has 0 bridgehead atoms. The van der Waals surface area contributed by atoms with Gasteiger partial charge < -0.3 is 15.0 Å². The van der Waals surface area contributed by atoms with Crippen molar-refractivity contribution in [3.05, 3.63) is 58.2 Å². The molecular weight excluding hydrogens is 423 g/mol. The van der Waals surface area contributed by atoms with Crippen LogP contribution in [0.5, 0.6) is 5.88 Å². The lowest BCUT2D eigenvalue weighted by atomic mass is 10.1. The van der Waals surface area contributed by atoms with Gasteiger partial charge >= 0.3 is 6.18 Å². The van der Waals surface area contributed by atoms with Crippen molar-refractivity contribution in [3.8, 4) is 5.88 Å². The van der Waals surface area contributed by atoms with Crippen LogP contribution in [0.1, 0.15) is 40.1 Å². The van der Waals surface area contributed by atoms with Crippen LogP contribution in [0.15, 0.2) is 36.5 Å². The molecule has 6 nitrogen and oxygen atoms in total. The molecule has 0 spiro atoms. The normalized spacial score (nSPS) is 11.3. The van der Waals surface area contributed by atoms with Crippen LogP contribution in [0.2, 0.25) is 5.02 Å². The molecule has 0 saturated heterocycles. The number of hydrogen-bond donors (Lipinski definition) is 1. The summed E-state index contributed by atoms with van der Waals surface area (Å²) in [5.41, 5.74) is 1.37. The smallest absolute Gasteiger partial charge is 0.422 e. The summed E-state index contributed by atoms with van der Waals surface area (Å²) in [6, 6.07) is 8.05. The number of nitrogens with zero attached hydrogens (tertiary/aromatic N) is 2. The molecule has 2 amide bonds. The van der Waals surface area contributed by atoms with E-state index in [1.54, 1.807) is 36.2 Å². The van der Waals surface area contributed by atoms with Gasteiger partial charge in [0.2, 0.25) is 5.88 Å². The summed E-state index contributed by atoms with van der Waals surface area (Å²) >= 11 is 5.84. The van der Waals surface area contributed by atoms with Gasteiger partial charge in [-0.2, -0.15) is 13.2 Å². The van der Waals surface area contributed by atoms with Crippen molar-refractivity contribution in [1.29, 1.82) is 0 Å². The van der Waals surface area contributed by atoms with E-state index in [4.69, 9.17) is 11.6 Å². The average Bonchev–Trinajstić information content (AvgIpc) is 2.69. The summed E-state index contributed by atoms with van der Waals surface area (Å²) in [7, 11) is 1.72. The second kappa shape index (κ2) is 9.80. The molecule has 0 aliphatic rings. The van der Waals surface area contributed by atoms with E-state index in [1.807, 2.05) is 13.8 Å². The third-order valence-electron chi connectivity index (χ3n) is 4.19. The summed E-state index contributed by atoms with van der Waals surface area (Å²) in [5.74, 6) is -1.02. The molecule has 2 rings (SSSR count). The molecule has 0 aliphatic heterocycles. The molecule has 2 aromatic rings. The molecule has 0 saturated carbocycles. The number of amides is 2. The Kier molecular flexibility index (Phi) is 7.66. The summed E-state index contributed by atoms with van der Waals surface area (Å²) in [6.07, 6.45) is -3.44. The molecule has 1 heterocycles. The first-order valence-electron chi connectivity index (χ1n) is 8.97. The van der Waals surface area contributed by atoms with E-state index in [1.165, 1.54) is 6.07 Å². The van der Waals surface area contributed by atoms with E-state index < -0.39 is 24.6 Å². The Labute approximate surface area is 177 Å². The summed E-state index contributed by atoms with van der Waals surface area (Å²) < 4.78 is 41.1. The fraction of sp³-hybridized carbons (Fsp3) is 0.350. The molecule has 1 aromatic heterocycles. The van der Waals surface area contributed by atoms with Gasteiger partial charge in [-0.05, 0) is 37.6 Å². The minimum absolute atomic E-state index is 0.0714.